The lowest BCUT2D eigenvalue weighted by Gasteiger charge is -2.42. The summed E-state index contributed by atoms with van der Waals surface area (Å²) in [6, 6.07) is 3.61. The topological polar surface area (TPSA) is 118 Å². The maximum atomic E-state index is 13.7. The second-order valence-corrected chi connectivity index (χ2v) is 8.21. The normalized spacial score (nSPS) is 26.0. The van der Waals surface area contributed by atoms with Gasteiger partial charge in [0.15, 0.2) is 5.82 Å². The number of halogens is 4. The zero-order chi connectivity index (χ0) is 24.1. The maximum absolute atomic E-state index is 13.7. The number of aliphatic hydroxyl groups is 3. The van der Waals surface area contributed by atoms with Crippen molar-refractivity contribution >= 4 is 11.6 Å². The third kappa shape index (κ3) is 4.36. The Hall–Kier alpha value is -2.51. The predicted octanol–water partition coefficient (Wildman–Crippen LogP) is 2.15. The van der Waals surface area contributed by atoms with Crippen molar-refractivity contribution < 1.29 is 33.2 Å². The van der Waals surface area contributed by atoms with E-state index in [4.69, 9.17) is 16.3 Å². The molecule has 33 heavy (non-hydrogen) atoms. The molecule has 1 aromatic carbocycles. The van der Waals surface area contributed by atoms with Crippen LogP contribution in [0.5, 0.6) is 0 Å². The summed E-state index contributed by atoms with van der Waals surface area (Å²) >= 11 is 5.97. The van der Waals surface area contributed by atoms with Crippen molar-refractivity contribution in [3.63, 3.8) is 0 Å². The number of aromatic nitrogens is 5. The van der Waals surface area contributed by atoms with Crippen LogP contribution >= 0.6 is 11.6 Å². The van der Waals surface area contributed by atoms with Gasteiger partial charge < -0.3 is 20.1 Å². The highest BCUT2D eigenvalue weighted by Crippen LogP contribution is 2.40. The van der Waals surface area contributed by atoms with Gasteiger partial charge in [-0.1, -0.05) is 11.6 Å². The van der Waals surface area contributed by atoms with Gasteiger partial charge in [0.1, 0.15) is 36.3 Å². The molecule has 0 amide bonds. The molecule has 1 aliphatic rings. The standard InChI is InChI=1S/C20H21ClF3N5O4/c1-9-5-6-28(26-9)15-16(31)14(8-30)33-18(17(15)32)19-25-10(2)27-29(19)13-7-11(21)3-4-12(13)20(22,23)24/h3-7,14-18,30-32H,8H2,1-2H3/t14?,15-,16-,17?,18+/m0/s1. The average molecular weight is 488 g/mol. The summed E-state index contributed by atoms with van der Waals surface area (Å²) in [5.74, 6) is -0.0287. The molecule has 1 saturated heterocycles. The molecular weight excluding hydrogens is 467 g/mol. The fourth-order valence-electron chi connectivity index (χ4n) is 3.94. The minimum Gasteiger partial charge on any atom is -0.394 e. The summed E-state index contributed by atoms with van der Waals surface area (Å²) in [7, 11) is 0. The van der Waals surface area contributed by atoms with Crippen molar-refractivity contribution in [3.05, 3.63) is 58.4 Å². The SMILES string of the molecule is Cc1ccn([C@@H]2C(O)[C@H](c3nc(C)nn3-c3cc(Cl)ccc3C(F)(F)F)OC(CO)[C@@H]2O)n1. The molecule has 13 heteroatoms. The summed E-state index contributed by atoms with van der Waals surface area (Å²) < 4.78 is 49.1. The number of aryl methyl sites for hydroxylation is 2. The van der Waals surface area contributed by atoms with Crippen molar-refractivity contribution in [2.45, 2.75) is 50.5 Å². The molecule has 9 nitrogen and oxygen atoms in total. The molecule has 0 bridgehead atoms. The van der Waals surface area contributed by atoms with Crippen LogP contribution in [0.25, 0.3) is 5.69 Å². The molecule has 5 atom stereocenters. The fourth-order valence-corrected chi connectivity index (χ4v) is 4.11. The second-order valence-electron chi connectivity index (χ2n) is 7.77. The van der Waals surface area contributed by atoms with Gasteiger partial charge in [-0.05, 0) is 38.1 Å². The van der Waals surface area contributed by atoms with Crippen LogP contribution in [0.4, 0.5) is 13.2 Å². The lowest BCUT2D eigenvalue weighted by atomic mass is 9.92. The molecule has 3 N–H and O–H groups in total. The van der Waals surface area contributed by atoms with Gasteiger partial charge >= 0.3 is 6.18 Å². The minimum absolute atomic E-state index is 0.0377. The summed E-state index contributed by atoms with van der Waals surface area (Å²) in [4.78, 5) is 4.20. The van der Waals surface area contributed by atoms with E-state index in [1.165, 1.54) is 17.8 Å². The number of ether oxygens (including phenoxy) is 1. The Kier molecular flexibility index (Phi) is 6.22. The van der Waals surface area contributed by atoms with Crippen LogP contribution in [0, 0.1) is 13.8 Å². The average Bonchev–Trinajstić information content (AvgIpc) is 3.33. The number of benzene rings is 1. The van der Waals surface area contributed by atoms with E-state index in [9.17, 15) is 28.5 Å². The highest BCUT2D eigenvalue weighted by molar-refractivity contribution is 6.30. The molecule has 1 aliphatic heterocycles. The van der Waals surface area contributed by atoms with Crippen molar-refractivity contribution in [1.82, 2.24) is 24.5 Å². The van der Waals surface area contributed by atoms with Crippen molar-refractivity contribution in [2.24, 2.45) is 0 Å². The van der Waals surface area contributed by atoms with Gasteiger partial charge in [0.05, 0.1) is 23.6 Å². The molecule has 0 spiro atoms. The lowest BCUT2D eigenvalue weighted by Crippen LogP contribution is -2.53. The Labute approximate surface area is 191 Å². The summed E-state index contributed by atoms with van der Waals surface area (Å²) in [6.45, 7) is 2.58. The molecule has 178 valence electrons. The van der Waals surface area contributed by atoms with E-state index < -0.39 is 54.5 Å². The van der Waals surface area contributed by atoms with E-state index in [0.29, 0.717) is 5.69 Å². The monoisotopic (exact) mass is 487 g/mol. The van der Waals surface area contributed by atoms with Gasteiger partial charge in [-0.3, -0.25) is 4.68 Å². The number of rotatable bonds is 4. The fraction of sp³-hybridized carbons (Fsp3) is 0.450. The number of hydrogen-bond donors (Lipinski definition) is 3. The molecule has 4 rings (SSSR count). The van der Waals surface area contributed by atoms with Gasteiger partial charge in [0.25, 0.3) is 0 Å². The summed E-state index contributed by atoms with van der Waals surface area (Å²) in [6.07, 6.45) is -8.53. The van der Waals surface area contributed by atoms with Crippen molar-refractivity contribution in [1.29, 1.82) is 0 Å². The van der Waals surface area contributed by atoms with E-state index in [1.807, 2.05) is 0 Å². The molecule has 2 unspecified atom stereocenters. The quantitative estimate of drug-likeness (QED) is 0.516. The molecule has 0 radical (unpaired) electrons. The van der Waals surface area contributed by atoms with Crippen LogP contribution in [0.2, 0.25) is 5.02 Å². The van der Waals surface area contributed by atoms with Crippen molar-refractivity contribution in [3.8, 4) is 5.69 Å². The first-order chi connectivity index (χ1) is 15.5. The molecule has 3 heterocycles. The van der Waals surface area contributed by atoms with Gasteiger partial charge in [0, 0.05) is 11.2 Å². The van der Waals surface area contributed by atoms with Crippen molar-refractivity contribution in [2.75, 3.05) is 6.61 Å². The smallest absolute Gasteiger partial charge is 0.394 e. The zero-order valence-electron chi connectivity index (χ0n) is 17.5. The van der Waals surface area contributed by atoms with Gasteiger partial charge in [-0.25, -0.2) is 9.67 Å². The maximum Gasteiger partial charge on any atom is 0.418 e. The Balaban J connectivity index is 1.85. The van der Waals surface area contributed by atoms with Crippen LogP contribution in [0.3, 0.4) is 0 Å². The van der Waals surface area contributed by atoms with E-state index in [1.54, 1.807) is 13.0 Å². The Morgan fingerprint density at radius 3 is 2.45 bits per heavy atom. The summed E-state index contributed by atoms with van der Waals surface area (Å²) in [5.41, 5.74) is -0.799. The lowest BCUT2D eigenvalue weighted by molar-refractivity contribution is -0.210. The molecular formula is C20H21ClF3N5O4. The molecule has 0 aliphatic carbocycles. The first-order valence-electron chi connectivity index (χ1n) is 9.96. The molecule has 3 aromatic rings. The number of aliphatic hydroxyl groups excluding tert-OH is 3. The highest BCUT2D eigenvalue weighted by atomic mass is 35.5. The van der Waals surface area contributed by atoms with Crippen LogP contribution in [-0.2, 0) is 10.9 Å². The van der Waals surface area contributed by atoms with Gasteiger partial charge in [0.2, 0.25) is 0 Å². The first kappa shape index (κ1) is 23.6. The van der Waals surface area contributed by atoms with Crippen LogP contribution < -0.4 is 0 Å². The Morgan fingerprint density at radius 2 is 1.85 bits per heavy atom. The minimum atomic E-state index is -4.72. The predicted molar refractivity (Wildman–Crippen MR) is 109 cm³/mol. The third-order valence-electron chi connectivity index (χ3n) is 5.43. The first-order valence-corrected chi connectivity index (χ1v) is 10.3. The van der Waals surface area contributed by atoms with E-state index >= 15 is 0 Å². The Morgan fingerprint density at radius 1 is 1.12 bits per heavy atom. The van der Waals surface area contributed by atoms with E-state index in [2.05, 4.69) is 15.2 Å². The van der Waals surface area contributed by atoms with E-state index in [-0.39, 0.29) is 16.7 Å². The van der Waals surface area contributed by atoms with Crippen LogP contribution in [0.15, 0.2) is 30.5 Å². The molecule has 0 saturated carbocycles. The van der Waals surface area contributed by atoms with Crippen LogP contribution in [0.1, 0.15) is 35.1 Å². The van der Waals surface area contributed by atoms with Gasteiger partial charge in [-0.15, -0.1) is 0 Å². The van der Waals surface area contributed by atoms with Gasteiger partial charge in [-0.2, -0.15) is 23.4 Å². The summed E-state index contributed by atoms with van der Waals surface area (Å²) in [5, 5.41) is 39.9. The second kappa shape index (κ2) is 8.69. The molecule has 2 aromatic heterocycles. The highest BCUT2D eigenvalue weighted by Gasteiger charge is 2.48. The molecule has 1 fully saturated rings. The van der Waals surface area contributed by atoms with E-state index in [0.717, 1.165) is 22.9 Å². The zero-order valence-corrected chi connectivity index (χ0v) is 18.2. The largest absolute Gasteiger partial charge is 0.418 e. The van der Waals surface area contributed by atoms with Crippen LogP contribution in [-0.4, -0.2) is 64.8 Å². The Bertz CT molecular complexity index is 1150. The number of nitrogens with zero attached hydrogens (tertiary/aromatic N) is 5. The number of hydrogen-bond acceptors (Lipinski definition) is 7. The number of alkyl halides is 3. The third-order valence-corrected chi connectivity index (χ3v) is 5.66.